The van der Waals surface area contributed by atoms with Gasteiger partial charge in [0.15, 0.2) is 0 Å². The highest BCUT2D eigenvalue weighted by atomic mass is 32.1. The average molecular weight is 333 g/mol. The summed E-state index contributed by atoms with van der Waals surface area (Å²) in [6.07, 6.45) is 3.17. The van der Waals surface area contributed by atoms with E-state index in [1.807, 2.05) is 33.0 Å². The zero-order valence-corrected chi connectivity index (χ0v) is 14.7. The number of nitrogens with zero attached hydrogens (tertiary/aromatic N) is 2. The topological polar surface area (TPSA) is 58.2 Å². The van der Waals surface area contributed by atoms with Crippen LogP contribution < -0.4 is 0 Å². The Morgan fingerprint density at radius 3 is 2.96 bits per heavy atom. The second kappa shape index (κ2) is 6.84. The molecule has 0 aromatic carbocycles. The molecule has 0 radical (unpaired) electrons. The summed E-state index contributed by atoms with van der Waals surface area (Å²) in [5, 5.41) is 7.20. The van der Waals surface area contributed by atoms with Gasteiger partial charge in [-0.1, -0.05) is 0 Å². The second-order valence-corrected chi connectivity index (χ2v) is 7.21. The quantitative estimate of drug-likeness (QED) is 0.914. The van der Waals surface area contributed by atoms with Crippen LogP contribution in [0.4, 0.5) is 0 Å². The van der Waals surface area contributed by atoms with Gasteiger partial charge in [-0.05, 0) is 50.8 Å². The van der Waals surface area contributed by atoms with E-state index < -0.39 is 0 Å². The van der Waals surface area contributed by atoms with E-state index in [-0.39, 0.29) is 12.0 Å². The molecule has 124 valence electrons. The van der Waals surface area contributed by atoms with Gasteiger partial charge in [-0.15, -0.1) is 11.3 Å². The molecule has 3 rings (SSSR count). The largest absolute Gasteiger partial charge is 0.373 e. The van der Waals surface area contributed by atoms with Crippen molar-refractivity contribution in [3.63, 3.8) is 0 Å². The van der Waals surface area contributed by atoms with Crippen LogP contribution >= 0.6 is 11.3 Å². The van der Waals surface area contributed by atoms with Crippen LogP contribution in [0.5, 0.6) is 0 Å². The molecular weight excluding hydrogens is 310 g/mol. The molecule has 1 atom stereocenters. The summed E-state index contributed by atoms with van der Waals surface area (Å²) in [5.74, 6) is 0.0815. The van der Waals surface area contributed by atoms with Crippen molar-refractivity contribution in [2.45, 2.75) is 39.2 Å². The highest BCUT2D eigenvalue weighted by Gasteiger charge is 2.22. The Balaban J connectivity index is 1.61. The van der Waals surface area contributed by atoms with E-state index in [2.05, 4.69) is 10.2 Å². The molecule has 1 N–H and O–H groups in total. The lowest BCUT2D eigenvalue weighted by atomic mass is 10.1. The zero-order chi connectivity index (χ0) is 16.4. The van der Waals surface area contributed by atoms with Crippen molar-refractivity contribution >= 4 is 17.2 Å². The number of hydrogen-bond acceptors (Lipinski definition) is 4. The molecule has 1 unspecified atom stereocenters. The Hall–Kier alpha value is -1.66. The number of aryl methyl sites for hydroxylation is 2. The van der Waals surface area contributed by atoms with E-state index in [1.165, 1.54) is 10.4 Å². The molecule has 0 saturated carbocycles. The normalized spacial score (nSPS) is 17.6. The monoisotopic (exact) mass is 333 g/mol. The fourth-order valence-corrected chi connectivity index (χ4v) is 4.04. The first-order valence-corrected chi connectivity index (χ1v) is 8.85. The SMILES string of the molecule is Cc1n[nH]c(C)c1CCN(C)C(=O)c1ccc(C2CCCO2)s1. The van der Waals surface area contributed by atoms with Crippen molar-refractivity contribution < 1.29 is 9.53 Å². The highest BCUT2D eigenvalue weighted by Crippen LogP contribution is 2.33. The van der Waals surface area contributed by atoms with E-state index in [0.29, 0.717) is 6.54 Å². The minimum Gasteiger partial charge on any atom is -0.373 e. The Labute approximate surface area is 140 Å². The Kier molecular flexibility index (Phi) is 4.82. The molecule has 0 aliphatic carbocycles. The molecule has 0 bridgehead atoms. The van der Waals surface area contributed by atoms with Crippen LogP contribution in [0.15, 0.2) is 12.1 Å². The van der Waals surface area contributed by atoms with Crippen molar-refractivity contribution in [1.82, 2.24) is 15.1 Å². The number of amides is 1. The maximum atomic E-state index is 12.6. The number of rotatable bonds is 5. The van der Waals surface area contributed by atoms with Crippen molar-refractivity contribution in [3.8, 4) is 0 Å². The average Bonchev–Trinajstić information content (AvgIpc) is 3.26. The number of likely N-dealkylation sites (N-methyl/N-ethyl adjacent to an activating group) is 1. The lowest BCUT2D eigenvalue weighted by molar-refractivity contribution is 0.0801. The number of aromatic nitrogens is 2. The van der Waals surface area contributed by atoms with E-state index in [9.17, 15) is 4.79 Å². The van der Waals surface area contributed by atoms with E-state index in [1.54, 1.807) is 16.2 Å². The molecule has 0 spiro atoms. The Bertz CT molecular complexity index is 666. The number of carbonyl (C=O) groups is 1. The van der Waals surface area contributed by atoms with Gasteiger partial charge in [0.2, 0.25) is 0 Å². The third-order valence-corrected chi connectivity index (χ3v) is 5.57. The summed E-state index contributed by atoms with van der Waals surface area (Å²) >= 11 is 1.56. The molecule has 3 heterocycles. The fraction of sp³-hybridized carbons (Fsp3) is 0.529. The van der Waals surface area contributed by atoms with Crippen LogP contribution in [0.25, 0.3) is 0 Å². The number of hydrogen-bond donors (Lipinski definition) is 1. The van der Waals surface area contributed by atoms with E-state index in [4.69, 9.17) is 4.74 Å². The fourth-order valence-electron chi connectivity index (χ4n) is 2.95. The Morgan fingerprint density at radius 1 is 1.48 bits per heavy atom. The smallest absolute Gasteiger partial charge is 0.263 e. The maximum Gasteiger partial charge on any atom is 0.263 e. The lowest BCUT2D eigenvalue weighted by Gasteiger charge is -2.16. The second-order valence-electron chi connectivity index (χ2n) is 6.09. The first kappa shape index (κ1) is 16.2. The van der Waals surface area contributed by atoms with Gasteiger partial charge in [0, 0.05) is 30.8 Å². The molecule has 1 aliphatic heterocycles. The van der Waals surface area contributed by atoms with Crippen LogP contribution in [0.3, 0.4) is 0 Å². The summed E-state index contributed by atoms with van der Waals surface area (Å²) in [6, 6.07) is 3.96. The van der Waals surface area contributed by atoms with Gasteiger partial charge in [-0.25, -0.2) is 0 Å². The summed E-state index contributed by atoms with van der Waals surface area (Å²) in [5.41, 5.74) is 3.30. The standard InChI is InChI=1S/C17H23N3O2S/c1-11-13(12(2)19-18-11)8-9-20(3)17(21)16-7-6-15(23-16)14-5-4-10-22-14/h6-7,14H,4-5,8-10H2,1-3H3,(H,18,19). The van der Waals surface area contributed by atoms with Gasteiger partial charge >= 0.3 is 0 Å². The van der Waals surface area contributed by atoms with Crippen molar-refractivity contribution in [3.05, 3.63) is 38.8 Å². The van der Waals surface area contributed by atoms with Crippen molar-refractivity contribution in [2.24, 2.45) is 0 Å². The molecule has 1 fully saturated rings. The number of nitrogens with one attached hydrogen (secondary N) is 1. The van der Waals surface area contributed by atoms with Crippen LogP contribution in [-0.2, 0) is 11.2 Å². The molecule has 2 aromatic heterocycles. The number of H-pyrrole nitrogens is 1. The number of aromatic amines is 1. The Morgan fingerprint density at radius 2 is 2.30 bits per heavy atom. The maximum absolute atomic E-state index is 12.6. The third-order valence-electron chi connectivity index (χ3n) is 4.41. The van der Waals surface area contributed by atoms with Gasteiger partial charge in [0.25, 0.3) is 5.91 Å². The third kappa shape index (κ3) is 3.48. The molecule has 1 aliphatic rings. The van der Waals surface area contributed by atoms with E-state index >= 15 is 0 Å². The molecule has 5 nitrogen and oxygen atoms in total. The van der Waals surface area contributed by atoms with Crippen molar-refractivity contribution in [1.29, 1.82) is 0 Å². The van der Waals surface area contributed by atoms with Gasteiger partial charge in [0.1, 0.15) is 0 Å². The molecule has 1 saturated heterocycles. The molecule has 2 aromatic rings. The number of carbonyl (C=O) groups excluding carboxylic acids is 1. The van der Waals surface area contributed by atoms with Crippen molar-refractivity contribution in [2.75, 3.05) is 20.2 Å². The van der Waals surface area contributed by atoms with Crippen LogP contribution in [0, 0.1) is 13.8 Å². The van der Waals surface area contributed by atoms with Gasteiger partial charge in [-0.3, -0.25) is 9.89 Å². The first-order chi connectivity index (χ1) is 11.1. The predicted molar refractivity (Wildman–Crippen MR) is 91.0 cm³/mol. The molecule has 1 amide bonds. The summed E-state index contributed by atoms with van der Waals surface area (Å²) < 4.78 is 5.69. The first-order valence-electron chi connectivity index (χ1n) is 8.03. The molecule has 23 heavy (non-hydrogen) atoms. The summed E-state index contributed by atoms with van der Waals surface area (Å²) in [7, 11) is 1.86. The van der Waals surface area contributed by atoms with Gasteiger partial charge in [0.05, 0.1) is 16.7 Å². The number of thiophene rings is 1. The van der Waals surface area contributed by atoms with Crippen LogP contribution in [0.1, 0.15) is 50.4 Å². The van der Waals surface area contributed by atoms with E-state index in [0.717, 1.165) is 42.1 Å². The summed E-state index contributed by atoms with van der Waals surface area (Å²) in [4.78, 5) is 16.3. The van der Waals surface area contributed by atoms with Crippen LogP contribution in [0.2, 0.25) is 0 Å². The zero-order valence-electron chi connectivity index (χ0n) is 13.9. The minimum atomic E-state index is 0.0815. The molecular formula is C17H23N3O2S. The number of ether oxygens (including phenoxy) is 1. The highest BCUT2D eigenvalue weighted by molar-refractivity contribution is 7.14. The van der Waals surface area contributed by atoms with Gasteiger partial charge < -0.3 is 9.64 Å². The lowest BCUT2D eigenvalue weighted by Crippen LogP contribution is -2.28. The summed E-state index contributed by atoms with van der Waals surface area (Å²) in [6.45, 7) is 5.53. The van der Waals surface area contributed by atoms with Crippen LogP contribution in [-0.4, -0.2) is 41.2 Å². The molecule has 6 heteroatoms. The minimum absolute atomic E-state index is 0.0815. The van der Waals surface area contributed by atoms with Gasteiger partial charge in [-0.2, -0.15) is 5.10 Å². The predicted octanol–water partition coefficient (Wildman–Crippen LogP) is 3.25.